The van der Waals surface area contributed by atoms with Crippen LogP contribution in [0.5, 0.6) is 0 Å². The molecule has 2 unspecified atom stereocenters. The van der Waals surface area contributed by atoms with E-state index in [2.05, 4.69) is 11.4 Å². The van der Waals surface area contributed by atoms with Crippen LogP contribution in [0, 0.1) is 24.2 Å². The Morgan fingerprint density at radius 1 is 1.56 bits per heavy atom. The Labute approximate surface area is 95.1 Å². The number of nitriles is 1. The van der Waals surface area contributed by atoms with Gasteiger partial charge in [0.1, 0.15) is 0 Å². The maximum absolute atomic E-state index is 11.8. The summed E-state index contributed by atoms with van der Waals surface area (Å²) in [5.74, 6) is -0.241. The summed E-state index contributed by atoms with van der Waals surface area (Å²) in [6.07, 6.45) is 0.596. The third-order valence-electron chi connectivity index (χ3n) is 2.97. The monoisotopic (exact) mass is 214 g/mol. The van der Waals surface area contributed by atoms with Crippen LogP contribution in [-0.4, -0.2) is 5.91 Å². The van der Waals surface area contributed by atoms with Gasteiger partial charge in [0.25, 0.3) is 0 Å². The number of amides is 1. The predicted octanol–water partition coefficient (Wildman–Crippen LogP) is 2.58. The van der Waals surface area contributed by atoms with Crippen molar-refractivity contribution in [3.05, 3.63) is 29.3 Å². The lowest BCUT2D eigenvalue weighted by molar-refractivity contribution is -0.117. The highest BCUT2D eigenvalue weighted by Gasteiger charge is 2.31. The van der Waals surface area contributed by atoms with Gasteiger partial charge in [-0.25, -0.2) is 0 Å². The summed E-state index contributed by atoms with van der Waals surface area (Å²) in [6, 6.07) is 8.12. The molecule has 1 amide bonds. The number of nitrogens with zero attached hydrogens (tertiary/aromatic N) is 1. The van der Waals surface area contributed by atoms with E-state index in [0.717, 1.165) is 16.8 Å². The van der Waals surface area contributed by atoms with Gasteiger partial charge in [-0.05, 0) is 31.9 Å². The zero-order chi connectivity index (χ0) is 11.7. The molecule has 0 radical (unpaired) electrons. The number of rotatable bonds is 2. The van der Waals surface area contributed by atoms with E-state index in [1.54, 1.807) is 0 Å². The second-order valence-electron chi connectivity index (χ2n) is 4.40. The Morgan fingerprint density at radius 3 is 3.00 bits per heavy atom. The molecule has 1 aliphatic rings. The van der Waals surface area contributed by atoms with Gasteiger partial charge in [0, 0.05) is 11.6 Å². The number of hydrogen-bond donors (Lipinski definition) is 1. The van der Waals surface area contributed by atoms with Crippen LogP contribution in [0.2, 0.25) is 0 Å². The molecule has 3 nitrogen and oxygen atoms in total. The van der Waals surface area contributed by atoms with Gasteiger partial charge in [0.2, 0.25) is 5.91 Å². The van der Waals surface area contributed by atoms with Gasteiger partial charge in [0.05, 0.1) is 12.0 Å². The first-order chi connectivity index (χ1) is 7.61. The quantitative estimate of drug-likeness (QED) is 0.822. The number of carbonyl (C=O) groups excluding carboxylic acids is 1. The molecule has 0 saturated heterocycles. The third kappa shape index (κ3) is 1.79. The lowest BCUT2D eigenvalue weighted by atomic mass is 9.90. The highest BCUT2D eigenvalue weighted by Crippen LogP contribution is 2.36. The Bertz CT molecular complexity index is 473. The molecule has 0 spiro atoms. The predicted molar refractivity (Wildman–Crippen MR) is 61.9 cm³/mol. The third-order valence-corrected chi connectivity index (χ3v) is 2.97. The van der Waals surface area contributed by atoms with Gasteiger partial charge in [-0.2, -0.15) is 5.26 Å². The van der Waals surface area contributed by atoms with Crippen LogP contribution in [0.1, 0.15) is 30.4 Å². The van der Waals surface area contributed by atoms with Crippen molar-refractivity contribution in [2.45, 2.75) is 26.2 Å². The van der Waals surface area contributed by atoms with Crippen molar-refractivity contribution < 1.29 is 4.79 Å². The van der Waals surface area contributed by atoms with E-state index < -0.39 is 0 Å². The standard InChI is InChI=1S/C13H14N2O/c1-8-3-4-12-10(5-8)11(13(16)15-12)6-9(2)7-14/h3-5,9,11H,6H2,1-2H3,(H,15,16). The zero-order valence-electron chi connectivity index (χ0n) is 9.45. The first kappa shape index (κ1) is 10.7. The first-order valence-corrected chi connectivity index (χ1v) is 5.43. The second-order valence-corrected chi connectivity index (χ2v) is 4.40. The normalized spacial score (nSPS) is 19.8. The summed E-state index contributed by atoms with van der Waals surface area (Å²) >= 11 is 0. The van der Waals surface area contributed by atoms with E-state index in [4.69, 9.17) is 5.26 Å². The Hall–Kier alpha value is -1.82. The number of nitrogens with one attached hydrogen (secondary N) is 1. The average Bonchev–Trinajstić information content (AvgIpc) is 2.55. The molecule has 16 heavy (non-hydrogen) atoms. The van der Waals surface area contributed by atoms with Gasteiger partial charge in [-0.15, -0.1) is 0 Å². The molecule has 0 aromatic heterocycles. The number of benzene rings is 1. The van der Waals surface area contributed by atoms with Crippen LogP contribution >= 0.6 is 0 Å². The SMILES string of the molecule is Cc1ccc2c(c1)C(CC(C)C#N)C(=O)N2. The number of carbonyl (C=O) groups is 1. The van der Waals surface area contributed by atoms with Crippen LogP contribution < -0.4 is 5.32 Å². The minimum atomic E-state index is -0.162. The minimum Gasteiger partial charge on any atom is -0.325 e. The van der Waals surface area contributed by atoms with Gasteiger partial charge >= 0.3 is 0 Å². The molecule has 0 aliphatic carbocycles. The summed E-state index contributed by atoms with van der Waals surface area (Å²) in [4.78, 5) is 11.8. The van der Waals surface area contributed by atoms with Crippen LogP contribution in [0.3, 0.4) is 0 Å². The highest BCUT2D eigenvalue weighted by atomic mass is 16.2. The minimum absolute atomic E-state index is 0.0164. The number of hydrogen-bond acceptors (Lipinski definition) is 2. The zero-order valence-corrected chi connectivity index (χ0v) is 9.45. The summed E-state index contributed by atoms with van der Waals surface area (Å²) < 4.78 is 0. The second kappa shape index (κ2) is 3.97. The fraction of sp³-hybridized carbons (Fsp3) is 0.385. The summed E-state index contributed by atoms with van der Waals surface area (Å²) in [7, 11) is 0. The molecular formula is C13H14N2O. The van der Waals surface area contributed by atoms with E-state index in [1.807, 2.05) is 32.0 Å². The van der Waals surface area contributed by atoms with E-state index in [0.29, 0.717) is 6.42 Å². The number of aryl methyl sites for hydroxylation is 1. The van der Waals surface area contributed by atoms with E-state index in [9.17, 15) is 4.79 Å². The molecule has 1 aromatic carbocycles. The van der Waals surface area contributed by atoms with Gasteiger partial charge < -0.3 is 5.32 Å². The molecule has 0 bridgehead atoms. The Kier molecular flexibility index (Phi) is 2.66. The van der Waals surface area contributed by atoms with Crippen molar-refractivity contribution in [3.8, 4) is 6.07 Å². The van der Waals surface area contributed by atoms with Gasteiger partial charge in [-0.1, -0.05) is 17.7 Å². The Balaban J connectivity index is 2.32. The maximum Gasteiger partial charge on any atom is 0.232 e. The molecular weight excluding hydrogens is 200 g/mol. The van der Waals surface area contributed by atoms with Crippen LogP contribution in [-0.2, 0) is 4.79 Å². The number of fused-ring (bicyclic) bond motifs is 1. The molecule has 3 heteroatoms. The molecule has 1 heterocycles. The molecule has 1 N–H and O–H groups in total. The lowest BCUT2D eigenvalue weighted by Crippen LogP contribution is -2.14. The molecule has 2 atom stereocenters. The molecule has 0 fully saturated rings. The topological polar surface area (TPSA) is 52.9 Å². The van der Waals surface area contributed by atoms with Crippen molar-refractivity contribution >= 4 is 11.6 Å². The van der Waals surface area contributed by atoms with Crippen molar-refractivity contribution in [2.75, 3.05) is 5.32 Å². The van der Waals surface area contributed by atoms with Crippen LogP contribution in [0.25, 0.3) is 0 Å². The summed E-state index contributed by atoms with van der Waals surface area (Å²) in [6.45, 7) is 3.86. The van der Waals surface area contributed by atoms with Gasteiger partial charge in [0.15, 0.2) is 0 Å². The average molecular weight is 214 g/mol. The van der Waals surface area contributed by atoms with Crippen LogP contribution in [0.4, 0.5) is 5.69 Å². The van der Waals surface area contributed by atoms with Crippen molar-refractivity contribution in [1.82, 2.24) is 0 Å². The van der Waals surface area contributed by atoms with Crippen molar-refractivity contribution in [2.24, 2.45) is 5.92 Å². The van der Waals surface area contributed by atoms with Crippen molar-refractivity contribution in [1.29, 1.82) is 5.26 Å². The van der Waals surface area contributed by atoms with E-state index in [1.165, 1.54) is 0 Å². The van der Waals surface area contributed by atoms with Crippen molar-refractivity contribution in [3.63, 3.8) is 0 Å². The molecule has 0 saturated carbocycles. The fourth-order valence-electron chi connectivity index (χ4n) is 2.09. The maximum atomic E-state index is 11.8. The number of anilines is 1. The highest BCUT2D eigenvalue weighted by molar-refractivity contribution is 6.02. The Morgan fingerprint density at radius 2 is 2.31 bits per heavy atom. The molecule has 82 valence electrons. The van der Waals surface area contributed by atoms with E-state index in [-0.39, 0.29) is 17.7 Å². The fourth-order valence-corrected chi connectivity index (χ4v) is 2.09. The smallest absolute Gasteiger partial charge is 0.232 e. The molecule has 1 aromatic rings. The largest absolute Gasteiger partial charge is 0.325 e. The van der Waals surface area contributed by atoms with E-state index >= 15 is 0 Å². The summed E-state index contributed by atoms with van der Waals surface area (Å²) in [5, 5.41) is 11.7. The summed E-state index contributed by atoms with van der Waals surface area (Å²) in [5.41, 5.74) is 3.07. The molecule has 2 rings (SSSR count). The first-order valence-electron chi connectivity index (χ1n) is 5.43. The lowest BCUT2D eigenvalue weighted by Gasteiger charge is -2.10. The molecule has 1 aliphatic heterocycles. The van der Waals surface area contributed by atoms with Crippen LogP contribution in [0.15, 0.2) is 18.2 Å². The van der Waals surface area contributed by atoms with Gasteiger partial charge in [-0.3, -0.25) is 4.79 Å².